The van der Waals surface area contributed by atoms with E-state index in [0.717, 1.165) is 25.0 Å². The molecule has 10 heteroatoms. The number of carbonyl (C=O) groups excluding carboxylic acids is 5. The Morgan fingerprint density at radius 3 is 2.31 bits per heavy atom. The largest absolute Gasteiger partial charge is 0.465 e. The lowest BCUT2D eigenvalue weighted by Gasteiger charge is -2.30. The molecule has 0 spiro atoms. The maximum atomic E-state index is 13.0. The summed E-state index contributed by atoms with van der Waals surface area (Å²) >= 11 is 0. The molecule has 2 unspecified atom stereocenters. The minimum atomic E-state index is -0.978. The monoisotopic (exact) mass is 453 g/mol. The molecule has 0 aromatic carbocycles. The number of ether oxygens (including phenoxy) is 2. The zero-order valence-electron chi connectivity index (χ0n) is 19.4. The molecule has 32 heavy (non-hydrogen) atoms. The summed E-state index contributed by atoms with van der Waals surface area (Å²) in [6.45, 7) is 9.16. The molecular weight excluding hydrogens is 418 g/mol. The van der Waals surface area contributed by atoms with Gasteiger partial charge in [0.05, 0.1) is 12.5 Å². The first kappa shape index (κ1) is 27.1. The highest BCUT2D eigenvalue weighted by Gasteiger charge is 2.41. The van der Waals surface area contributed by atoms with Crippen LogP contribution in [0, 0.1) is 17.8 Å². The summed E-state index contributed by atoms with van der Waals surface area (Å²) in [5.74, 6) is -3.98. The summed E-state index contributed by atoms with van der Waals surface area (Å²) in [6.07, 6.45) is 3.25. The topological polar surface area (TPSA) is 154 Å². The Labute approximate surface area is 188 Å². The summed E-state index contributed by atoms with van der Waals surface area (Å²) in [5.41, 5.74) is 4.93. The number of hydrogen-bond donors (Lipinski definition) is 3. The second-order valence-electron chi connectivity index (χ2n) is 8.43. The van der Waals surface area contributed by atoms with Crippen molar-refractivity contribution in [3.8, 4) is 0 Å². The predicted octanol–water partition coefficient (Wildman–Crippen LogP) is 0.585. The summed E-state index contributed by atoms with van der Waals surface area (Å²) < 4.78 is 10.8. The van der Waals surface area contributed by atoms with Gasteiger partial charge >= 0.3 is 11.9 Å². The van der Waals surface area contributed by atoms with Gasteiger partial charge in [0.15, 0.2) is 0 Å². The lowest BCUT2D eigenvalue weighted by Crippen LogP contribution is -2.53. The van der Waals surface area contributed by atoms with Crippen molar-refractivity contribution < 1.29 is 33.4 Å². The van der Waals surface area contributed by atoms with E-state index in [1.807, 2.05) is 13.8 Å². The Hall–Kier alpha value is -2.91. The summed E-state index contributed by atoms with van der Waals surface area (Å²) in [5, 5.41) is 4.99. The maximum absolute atomic E-state index is 13.0. The highest BCUT2D eigenvalue weighted by atomic mass is 16.6. The van der Waals surface area contributed by atoms with Crippen molar-refractivity contribution in [3.05, 3.63) is 12.2 Å². The van der Waals surface area contributed by atoms with Crippen LogP contribution < -0.4 is 16.4 Å². The molecule has 5 atom stereocenters. The molecule has 1 heterocycles. The van der Waals surface area contributed by atoms with E-state index in [9.17, 15) is 24.0 Å². The van der Waals surface area contributed by atoms with Crippen LogP contribution in [0.5, 0.6) is 0 Å². The molecule has 0 radical (unpaired) electrons. The molecule has 1 aliphatic rings. The molecule has 0 aliphatic carbocycles. The third-order valence-corrected chi connectivity index (χ3v) is 5.30. The molecule has 3 amide bonds. The SMILES string of the molecule is CCC[C@@H](C)C(OC(=O)[C@H](NC(=O)[C@H](C)NC(=O)/C=C/C(N)=O)C(C)C)C1CCOC1=O. The predicted molar refractivity (Wildman–Crippen MR) is 116 cm³/mol. The normalized spacial score (nSPS) is 19.7. The smallest absolute Gasteiger partial charge is 0.329 e. The van der Waals surface area contributed by atoms with E-state index in [4.69, 9.17) is 15.2 Å². The number of amides is 3. The Bertz CT molecular complexity index is 735. The van der Waals surface area contributed by atoms with Crippen LogP contribution in [-0.4, -0.2) is 54.5 Å². The van der Waals surface area contributed by atoms with E-state index >= 15 is 0 Å². The molecule has 0 saturated carbocycles. The highest BCUT2D eigenvalue weighted by molar-refractivity contribution is 5.98. The number of esters is 2. The van der Waals surface area contributed by atoms with Gasteiger partial charge in [0, 0.05) is 12.2 Å². The van der Waals surface area contributed by atoms with Crippen LogP contribution in [0.25, 0.3) is 0 Å². The fourth-order valence-electron chi connectivity index (χ4n) is 3.49. The molecule has 1 fully saturated rings. The van der Waals surface area contributed by atoms with Gasteiger partial charge in [-0.1, -0.05) is 34.1 Å². The molecule has 10 nitrogen and oxygen atoms in total. The van der Waals surface area contributed by atoms with E-state index in [1.165, 1.54) is 6.92 Å². The molecule has 1 aliphatic heterocycles. The van der Waals surface area contributed by atoms with Crippen molar-refractivity contribution in [1.82, 2.24) is 10.6 Å². The Kier molecular flexibility index (Phi) is 10.9. The van der Waals surface area contributed by atoms with Gasteiger partial charge in [-0.2, -0.15) is 0 Å². The van der Waals surface area contributed by atoms with Gasteiger partial charge in [0.25, 0.3) is 0 Å². The first-order chi connectivity index (χ1) is 15.0. The van der Waals surface area contributed by atoms with Crippen molar-refractivity contribution in [2.45, 2.75) is 72.1 Å². The van der Waals surface area contributed by atoms with E-state index in [2.05, 4.69) is 10.6 Å². The quantitative estimate of drug-likeness (QED) is 0.288. The molecule has 0 aromatic heterocycles. The second-order valence-corrected chi connectivity index (χ2v) is 8.43. The minimum Gasteiger partial charge on any atom is -0.465 e. The zero-order valence-corrected chi connectivity index (χ0v) is 19.4. The zero-order chi connectivity index (χ0) is 24.4. The Morgan fingerprint density at radius 1 is 1.16 bits per heavy atom. The number of nitrogens with one attached hydrogen (secondary N) is 2. The van der Waals surface area contributed by atoms with Gasteiger partial charge in [-0.05, 0) is 31.6 Å². The van der Waals surface area contributed by atoms with Gasteiger partial charge in [0.1, 0.15) is 18.2 Å². The second kappa shape index (κ2) is 12.8. The number of hydrogen-bond acceptors (Lipinski definition) is 7. The van der Waals surface area contributed by atoms with Crippen LogP contribution in [0.15, 0.2) is 12.2 Å². The van der Waals surface area contributed by atoms with E-state index in [0.29, 0.717) is 13.0 Å². The first-order valence-corrected chi connectivity index (χ1v) is 10.9. The number of carbonyl (C=O) groups is 5. The molecule has 1 rings (SSSR count). The molecular formula is C22H35N3O7. The summed E-state index contributed by atoms with van der Waals surface area (Å²) in [6, 6.07) is -1.95. The molecule has 1 saturated heterocycles. The van der Waals surface area contributed by atoms with Crippen LogP contribution in [0.3, 0.4) is 0 Å². The van der Waals surface area contributed by atoms with Gasteiger partial charge < -0.3 is 25.8 Å². The highest BCUT2D eigenvalue weighted by Crippen LogP contribution is 2.29. The van der Waals surface area contributed by atoms with Crippen molar-refractivity contribution in [1.29, 1.82) is 0 Å². The van der Waals surface area contributed by atoms with Crippen LogP contribution in [0.4, 0.5) is 0 Å². The van der Waals surface area contributed by atoms with Crippen LogP contribution in [0.1, 0.15) is 53.9 Å². The minimum absolute atomic E-state index is 0.0571. The number of cyclic esters (lactones) is 1. The summed E-state index contributed by atoms with van der Waals surface area (Å²) in [4.78, 5) is 60.1. The fourth-order valence-corrected chi connectivity index (χ4v) is 3.49. The van der Waals surface area contributed by atoms with Crippen molar-refractivity contribution in [3.63, 3.8) is 0 Å². The lowest BCUT2D eigenvalue weighted by atomic mass is 9.88. The third-order valence-electron chi connectivity index (χ3n) is 5.30. The Morgan fingerprint density at radius 2 is 1.81 bits per heavy atom. The summed E-state index contributed by atoms with van der Waals surface area (Å²) in [7, 11) is 0. The lowest BCUT2D eigenvalue weighted by molar-refractivity contribution is -0.164. The van der Waals surface area contributed by atoms with Gasteiger partial charge in [-0.3, -0.25) is 19.2 Å². The maximum Gasteiger partial charge on any atom is 0.329 e. The third kappa shape index (κ3) is 8.32. The average molecular weight is 454 g/mol. The van der Waals surface area contributed by atoms with Gasteiger partial charge in [-0.25, -0.2) is 4.79 Å². The first-order valence-electron chi connectivity index (χ1n) is 10.9. The van der Waals surface area contributed by atoms with Gasteiger partial charge in [0.2, 0.25) is 17.7 Å². The fraction of sp³-hybridized carbons (Fsp3) is 0.682. The number of rotatable bonds is 12. The molecule has 0 bridgehead atoms. The van der Waals surface area contributed by atoms with Crippen LogP contribution >= 0.6 is 0 Å². The van der Waals surface area contributed by atoms with Crippen LogP contribution in [-0.2, 0) is 33.4 Å². The molecule has 0 aromatic rings. The van der Waals surface area contributed by atoms with Crippen LogP contribution in [0.2, 0.25) is 0 Å². The van der Waals surface area contributed by atoms with E-state index in [-0.39, 0.29) is 17.8 Å². The van der Waals surface area contributed by atoms with E-state index < -0.39 is 47.8 Å². The van der Waals surface area contributed by atoms with E-state index in [1.54, 1.807) is 13.8 Å². The number of primary amides is 1. The van der Waals surface area contributed by atoms with Crippen molar-refractivity contribution in [2.75, 3.05) is 6.61 Å². The molecule has 4 N–H and O–H groups in total. The standard InChI is InChI=1S/C22H35N3O7/c1-6-7-13(4)19(15-10-11-31-21(15)29)32-22(30)18(12(2)3)25-20(28)14(5)24-17(27)9-8-16(23)26/h8-9,12-15,18-19H,6-7,10-11H2,1-5H3,(H2,23,26)(H,24,27)(H,25,28)/b9-8+/t13-,14+,15?,18-,19?/m1/s1. The van der Waals surface area contributed by atoms with Gasteiger partial charge in [-0.15, -0.1) is 0 Å². The Balaban J connectivity index is 2.86. The molecule has 180 valence electrons. The van der Waals surface area contributed by atoms with Crippen molar-refractivity contribution >= 4 is 29.7 Å². The number of nitrogens with two attached hydrogens (primary N) is 1. The van der Waals surface area contributed by atoms with Crippen molar-refractivity contribution in [2.24, 2.45) is 23.5 Å². The average Bonchev–Trinajstić information content (AvgIpc) is 3.13.